The summed E-state index contributed by atoms with van der Waals surface area (Å²) in [6.45, 7) is 1.74. The van der Waals surface area contributed by atoms with E-state index in [0.717, 1.165) is 11.1 Å². The molecule has 0 aliphatic rings. The third-order valence-electron chi connectivity index (χ3n) is 2.81. The molecular formula is C13H15FN2O. The Morgan fingerprint density at radius 2 is 2.24 bits per heavy atom. The second kappa shape index (κ2) is 5.12. The number of furan rings is 1. The molecule has 0 spiro atoms. The standard InChI is InChI=1S/C13H15FN2O/c1-9-6-11(2-3-12(9)14)13(16-15)7-10-4-5-17-8-10/h2-6,8,13,16H,7,15H2,1H3. The fourth-order valence-corrected chi connectivity index (χ4v) is 1.80. The highest BCUT2D eigenvalue weighted by Crippen LogP contribution is 2.20. The fourth-order valence-electron chi connectivity index (χ4n) is 1.80. The van der Waals surface area contributed by atoms with E-state index >= 15 is 0 Å². The van der Waals surface area contributed by atoms with E-state index in [-0.39, 0.29) is 11.9 Å². The normalized spacial score (nSPS) is 12.6. The van der Waals surface area contributed by atoms with E-state index < -0.39 is 0 Å². The van der Waals surface area contributed by atoms with Crippen LogP contribution in [0.5, 0.6) is 0 Å². The summed E-state index contributed by atoms with van der Waals surface area (Å²) < 4.78 is 18.2. The average Bonchev–Trinajstić information content (AvgIpc) is 2.82. The highest BCUT2D eigenvalue weighted by atomic mass is 19.1. The molecule has 0 saturated carbocycles. The van der Waals surface area contributed by atoms with Gasteiger partial charge in [-0.15, -0.1) is 0 Å². The molecule has 0 amide bonds. The second-order valence-corrected chi connectivity index (χ2v) is 4.06. The Hall–Kier alpha value is -1.65. The Balaban J connectivity index is 2.20. The maximum absolute atomic E-state index is 13.2. The van der Waals surface area contributed by atoms with Crippen LogP contribution in [0.3, 0.4) is 0 Å². The van der Waals surface area contributed by atoms with Crippen LogP contribution in [0.15, 0.2) is 41.2 Å². The van der Waals surface area contributed by atoms with Crippen molar-refractivity contribution in [2.45, 2.75) is 19.4 Å². The number of benzene rings is 1. The van der Waals surface area contributed by atoms with Gasteiger partial charge in [0.1, 0.15) is 5.82 Å². The molecule has 2 aromatic rings. The third-order valence-corrected chi connectivity index (χ3v) is 2.81. The molecule has 1 unspecified atom stereocenters. The van der Waals surface area contributed by atoms with Crippen LogP contribution in [-0.2, 0) is 6.42 Å². The molecule has 1 heterocycles. The lowest BCUT2D eigenvalue weighted by atomic mass is 9.99. The van der Waals surface area contributed by atoms with Gasteiger partial charge in [0.25, 0.3) is 0 Å². The molecule has 1 aromatic heterocycles. The first-order valence-corrected chi connectivity index (χ1v) is 5.44. The van der Waals surface area contributed by atoms with Crippen LogP contribution in [0.25, 0.3) is 0 Å². The minimum atomic E-state index is -0.201. The molecule has 0 saturated heterocycles. The smallest absolute Gasteiger partial charge is 0.126 e. The van der Waals surface area contributed by atoms with Crippen molar-refractivity contribution in [3.63, 3.8) is 0 Å². The summed E-state index contributed by atoms with van der Waals surface area (Å²) in [6, 6.07) is 6.85. The molecule has 4 heteroatoms. The molecule has 17 heavy (non-hydrogen) atoms. The van der Waals surface area contributed by atoms with E-state index in [2.05, 4.69) is 5.43 Å². The van der Waals surface area contributed by atoms with E-state index in [0.29, 0.717) is 12.0 Å². The topological polar surface area (TPSA) is 51.2 Å². The highest BCUT2D eigenvalue weighted by molar-refractivity contribution is 5.27. The highest BCUT2D eigenvalue weighted by Gasteiger charge is 2.12. The summed E-state index contributed by atoms with van der Waals surface area (Å²) >= 11 is 0. The summed E-state index contributed by atoms with van der Waals surface area (Å²) in [5, 5.41) is 0. The summed E-state index contributed by atoms with van der Waals surface area (Å²) in [7, 11) is 0. The van der Waals surface area contributed by atoms with Crippen molar-refractivity contribution in [3.05, 3.63) is 59.3 Å². The zero-order chi connectivity index (χ0) is 12.3. The van der Waals surface area contributed by atoms with E-state index in [1.165, 1.54) is 6.07 Å². The molecule has 0 aliphatic heterocycles. The van der Waals surface area contributed by atoms with Crippen LogP contribution in [-0.4, -0.2) is 0 Å². The predicted molar refractivity (Wildman–Crippen MR) is 63.6 cm³/mol. The van der Waals surface area contributed by atoms with Crippen molar-refractivity contribution in [3.8, 4) is 0 Å². The van der Waals surface area contributed by atoms with Gasteiger partial charge in [0.2, 0.25) is 0 Å². The molecule has 3 N–H and O–H groups in total. The summed E-state index contributed by atoms with van der Waals surface area (Å²) in [5.74, 6) is 5.33. The Labute approximate surface area is 99.4 Å². The zero-order valence-corrected chi connectivity index (χ0v) is 9.61. The largest absolute Gasteiger partial charge is 0.472 e. The van der Waals surface area contributed by atoms with Gasteiger partial charge < -0.3 is 4.42 Å². The van der Waals surface area contributed by atoms with Gasteiger partial charge in [0.15, 0.2) is 0 Å². The van der Waals surface area contributed by atoms with Crippen molar-refractivity contribution in [1.29, 1.82) is 0 Å². The lowest BCUT2D eigenvalue weighted by Crippen LogP contribution is -2.29. The molecule has 0 radical (unpaired) electrons. The molecule has 1 atom stereocenters. The number of nitrogens with one attached hydrogen (secondary N) is 1. The molecular weight excluding hydrogens is 219 g/mol. The molecule has 2 rings (SSSR count). The van der Waals surface area contributed by atoms with Crippen molar-refractivity contribution in [1.82, 2.24) is 5.43 Å². The van der Waals surface area contributed by atoms with Gasteiger partial charge in [-0.2, -0.15) is 0 Å². The number of hydrazine groups is 1. The van der Waals surface area contributed by atoms with Crippen LogP contribution in [0.2, 0.25) is 0 Å². The number of nitrogens with two attached hydrogens (primary N) is 1. The van der Waals surface area contributed by atoms with E-state index in [9.17, 15) is 4.39 Å². The van der Waals surface area contributed by atoms with Gasteiger partial charge in [0.05, 0.1) is 18.6 Å². The number of halogens is 1. The maximum atomic E-state index is 13.2. The van der Waals surface area contributed by atoms with Crippen LogP contribution in [0.4, 0.5) is 4.39 Å². The Bertz CT molecular complexity index is 482. The minimum Gasteiger partial charge on any atom is -0.472 e. The van der Waals surface area contributed by atoms with Crippen molar-refractivity contribution in [2.75, 3.05) is 0 Å². The van der Waals surface area contributed by atoms with Crippen LogP contribution in [0, 0.1) is 12.7 Å². The Morgan fingerprint density at radius 1 is 1.41 bits per heavy atom. The van der Waals surface area contributed by atoms with Gasteiger partial charge in [-0.25, -0.2) is 4.39 Å². The monoisotopic (exact) mass is 234 g/mol. The lowest BCUT2D eigenvalue weighted by Gasteiger charge is -2.16. The minimum absolute atomic E-state index is 0.0492. The molecule has 0 bridgehead atoms. The van der Waals surface area contributed by atoms with Gasteiger partial charge in [-0.1, -0.05) is 12.1 Å². The van der Waals surface area contributed by atoms with Crippen LogP contribution >= 0.6 is 0 Å². The van der Waals surface area contributed by atoms with E-state index in [1.807, 2.05) is 6.07 Å². The number of rotatable bonds is 4. The summed E-state index contributed by atoms with van der Waals surface area (Å²) in [6.07, 6.45) is 4.01. The Morgan fingerprint density at radius 3 is 2.82 bits per heavy atom. The fraction of sp³-hybridized carbons (Fsp3) is 0.231. The van der Waals surface area contributed by atoms with E-state index in [4.69, 9.17) is 10.3 Å². The summed E-state index contributed by atoms with van der Waals surface area (Å²) in [4.78, 5) is 0. The molecule has 3 nitrogen and oxygen atoms in total. The van der Waals surface area contributed by atoms with Gasteiger partial charge >= 0.3 is 0 Å². The molecule has 90 valence electrons. The van der Waals surface area contributed by atoms with Crippen LogP contribution in [0.1, 0.15) is 22.7 Å². The van der Waals surface area contributed by atoms with Gasteiger partial charge in [-0.3, -0.25) is 11.3 Å². The quantitative estimate of drug-likeness (QED) is 0.631. The van der Waals surface area contributed by atoms with Crippen LogP contribution < -0.4 is 11.3 Å². The first-order valence-electron chi connectivity index (χ1n) is 5.44. The third kappa shape index (κ3) is 2.72. The zero-order valence-electron chi connectivity index (χ0n) is 9.61. The van der Waals surface area contributed by atoms with Crippen molar-refractivity contribution < 1.29 is 8.81 Å². The molecule has 1 aromatic carbocycles. The molecule has 0 aliphatic carbocycles. The molecule has 0 fully saturated rings. The Kier molecular flexibility index (Phi) is 3.56. The number of aryl methyl sites for hydroxylation is 1. The first-order chi connectivity index (χ1) is 8.20. The average molecular weight is 234 g/mol. The maximum Gasteiger partial charge on any atom is 0.126 e. The predicted octanol–water partition coefficient (Wildman–Crippen LogP) is 2.47. The van der Waals surface area contributed by atoms with Crippen molar-refractivity contribution >= 4 is 0 Å². The van der Waals surface area contributed by atoms with Crippen molar-refractivity contribution in [2.24, 2.45) is 5.84 Å². The summed E-state index contributed by atoms with van der Waals surface area (Å²) in [5.41, 5.74) is 5.38. The number of hydrogen-bond donors (Lipinski definition) is 2. The second-order valence-electron chi connectivity index (χ2n) is 4.06. The van der Waals surface area contributed by atoms with Gasteiger partial charge in [0, 0.05) is 0 Å². The van der Waals surface area contributed by atoms with Gasteiger partial charge in [-0.05, 0) is 42.2 Å². The lowest BCUT2D eigenvalue weighted by molar-refractivity contribution is 0.534. The first kappa shape index (κ1) is 11.8. The van der Waals surface area contributed by atoms with E-state index in [1.54, 1.807) is 31.6 Å². The SMILES string of the molecule is Cc1cc(C(Cc2ccoc2)NN)ccc1F. The number of hydrogen-bond acceptors (Lipinski definition) is 3.